The van der Waals surface area contributed by atoms with Crippen LogP contribution in [0.3, 0.4) is 0 Å². The highest BCUT2D eigenvalue weighted by Gasteiger charge is 2.38. The van der Waals surface area contributed by atoms with Crippen molar-refractivity contribution in [1.82, 2.24) is 5.32 Å². The van der Waals surface area contributed by atoms with E-state index in [0.29, 0.717) is 33.9 Å². The molecule has 0 aliphatic carbocycles. The van der Waals surface area contributed by atoms with E-state index < -0.39 is 17.9 Å². The van der Waals surface area contributed by atoms with Gasteiger partial charge in [0.05, 0.1) is 37.4 Å². The Balaban J connectivity index is 2.49. The number of rotatable bonds is 10. The molecule has 1 aromatic carbocycles. The zero-order valence-corrected chi connectivity index (χ0v) is 18.1. The van der Waals surface area contributed by atoms with Gasteiger partial charge in [-0.3, -0.25) is 0 Å². The minimum atomic E-state index is -0.675. The summed E-state index contributed by atoms with van der Waals surface area (Å²) >= 11 is 0. The number of ether oxygens (including phenoxy) is 5. The van der Waals surface area contributed by atoms with Crippen molar-refractivity contribution in [1.29, 1.82) is 0 Å². The average molecular weight is 419 g/mol. The Kier molecular flexibility index (Phi) is 8.89. The van der Waals surface area contributed by atoms with Crippen molar-refractivity contribution in [3.05, 3.63) is 52.4 Å². The number of carbonyl (C=O) groups excluding carboxylic acids is 2. The molecule has 0 saturated carbocycles. The number of carbonyl (C=O) groups is 2. The van der Waals surface area contributed by atoms with Gasteiger partial charge in [-0.05, 0) is 31.5 Å². The molecule has 0 bridgehead atoms. The predicted molar refractivity (Wildman–Crippen MR) is 110 cm³/mol. The highest BCUT2D eigenvalue weighted by Crippen LogP contribution is 2.40. The zero-order valence-electron chi connectivity index (χ0n) is 18.1. The summed E-state index contributed by atoms with van der Waals surface area (Å²) in [6, 6.07) is 7.23. The quantitative estimate of drug-likeness (QED) is 0.456. The van der Waals surface area contributed by atoms with Crippen LogP contribution in [0.4, 0.5) is 0 Å². The van der Waals surface area contributed by atoms with Crippen molar-refractivity contribution < 1.29 is 33.3 Å². The monoisotopic (exact) mass is 419 g/mol. The fraction of sp³-hybridized carbons (Fsp3) is 0.455. The van der Waals surface area contributed by atoms with Crippen LogP contribution in [0, 0.1) is 0 Å². The van der Waals surface area contributed by atoms with Crippen LogP contribution >= 0.6 is 0 Å². The Bertz CT molecular complexity index is 785. The molecular formula is C22H29NO7. The molecule has 164 valence electrons. The number of hydrogen-bond donors (Lipinski definition) is 1. The molecule has 1 aliphatic heterocycles. The van der Waals surface area contributed by atoms with Crippen molar-refractivity contribution >= 4 is 11.9 Å². The fourth-order valence-corrected chi connectivity index (χ4v) is 3.28. The summed E-state index contributed by atoms with van der Waals surface area (Å²) in [5.74, 6) is -1.12. The molecule has 30 heavy (non-hydrogen) atoms. The predicted octanol–water partition coefficient (Wildman–Crippen LogP) is 2.31. The van der Waals surface area contributed by atoms with Crippen molar-refractivity contribution in [2.24, 2.45) is 0 Å². The Morgan fingerprint density at radius 3 is 1.87 bits per heavy atom. The largest absolute Gasteiger partial charge is 0.497 e. The van der Waals surface area contributed by atoms with Crippen molar-refractivity contribution in [3.63, 3.8) is 0 Å². The maximum absolute atomic E-state index is 13.0. The summed E-state index contributed by atoms with van der Waals surface area (Å²) < 4.78 is 26.0. The first kappa shape index (κ1) is 23.4. The molecule has 0 spiro atoms. The molecule has 1 aromatic rings. The summed E-state index contributed by atoms with van der Waals surface area (Å²) in [5.41, 5.74) is 2.60. The summed E-state index contributed by atoms with van der Waals surface area (Å²) in [6.07, 6.45) is 0. The van der Waals surface area contributed by atoms with Gasteiger partial charge < -0.3 is 29.0 Å². The van der Waals surface area contributed by atoms with Crippen LogP contribution in [-0.2, 0) is 28.5 Å². The van der Waals surface area contributed by atoms with Crippen molar-refractivity contribution in [2.75, 3.05) is 47.8 Å². The molecule has 1 N–H and O–H groups in total. The smallest absolute Gasteiger partial charge is 0.336 e. The number of esters is 2. The third kappa shape index (κ3) is 5.61. The number of dihydropyridines is 1. The lowest BCUT2D eigenvalue weighted by molar-refractivity contribution is -0.141. The van der Waals surface area contributed by atoms with Gasteiger partial charge in [-0.25, -0.2) is 9.59 Å². The number of methoxy groups -OCH3 is 3. The average Bonchev–Trinajstić information content (AvgIpc) is 2.73. The standard InChI is InChI=1S/C22H29NO7/c1-14-18(21(24)29-11-9-26-3)20(16-7-6-8-17(13-16)28-5)19(15(2)23-14)22(25)30-12-10-27-4/h6-8,13,20,23H,9-12H2,1-5H3. The van der Waals surface area contributed by atoms with Crippen LogP contribution < -0.4 is 10.1 Å². The van der Waals surface area contributed by atoms with Gasteiger partial charge in [0.15, 0.2) is 0 Å². The number of allylic oxidation sites excluding steroid dienone is 2. The van der Waals surface area contributed by atoms with Gasteiger partial charge >= 0.3 is 11.9 Å². The Morgan fingerprint density at radius 1 is 0.867 bits per heavy atom. The first-order valence-electron chi connectivity index (χ1n) is 9.59. The van der Waals surface area contributed by atoms with Gasteiger partial charge in [-0.2, -0.15) is 0 Å². The molecular weight excluding hydrogens is 390 g/mol. The van der Waals surface area contributed by atoms with Crippen LogP contribution in [0.2, 0.25) is 0 Å². The molecule has 2 rings (SSSR count). The van der Waals surface area contributed by atoms with Crippen molar-refractivity contribution in [3.8, 4) is 5.75 Å². The molecule has 0 radical (unpaired) electrons. The maximum atomic E-state index is 13.0. The highest BCUT2D eigenvalue weighted by atomic mass is 16.6. The van der Waals surface area contributed by atoms with Gasteiger partial charge in [0.2, 0.25) is 0 Å². The van der Waals surface area contributed by atoms with Gasteiger partial charge in [-0.1, -0.05) is 12.1 Å². The Hall–Kier alpha value is -2.84. The van der Waals surface area contributed by atoms with Crippen LogP contribution in [0.1, 0.15) is 25.3 Å². The van der Waals surface area contributed by atoms with Gasteiger partial charge in [0, 0.05) is 25.6 Å². The Morgan fingerprint density at radius 2 is 1.40 bits per heavy atom. The minimum Gasteiger partial charge on any atom is -0.497 e. The summed E-state index contributed by atoms with van der Waals surface area (Å²) in [4.78, 5) is 25.9. The second-order valence-corrected chi connectivity index (χ2v) is 6.67. The Labute approximate surface area is 176 Å². The SMILES string of the molecule is COCCOC(=O)C1=C(C)NC(C)=C(C(=O)OCCOC)C1c1cccc(OC)c1. The third-order valence-electron chi connectivity index (χ3n) is 4.67. The van der Waals surface area contributed by atoms with E-state index in [1.165, 1.54) is 14.2 Å². The van der Waals surface area contributed by atoms with Crippen LogP contribution in [0.15, 0.2) is 46.8 Å². The lowest BCUT2D eigenvalue weighted by atomic mass is 9.80. The number of nitrogens with one attached hydrogen (secondary N) is 1. The normalized spacial score (nSPS) is 14.4. The van der Waals surface area contributed by atoms with Crippen LogP contribution in [-0.4, -0.2) is 59.7 Å². The fourth-order valence-electron chi connectivity index (χ4n) is 3.28. The highest BCUT2D eigenvalue weighted by molar-refractivity contribution is 5.99. The first-order valence-corrected chi connectivity index (χ1v) is 9.59. The molecule has 0 amide bonds. The number of benzene rings is 1. The van der Waals surface area contributed by atoms with Gasteiger partial charge in [0.25, 0.3) is 0 Å². The second-order valence-electron chi connectivity index (χ2n) is 6.67. The molecule has 8 heteroatoms. The van der Waals surface area contributed by atoms with E-state index in [-0.39, 0.29) is 26.4 Å². The zero-order chi connectivity index (χ0) is 22.1. The van der Waals surface area contributed by atoms with E-state index >= 15 is 0 Å². The van der Waals surface area contributed by atoms with E-state index in [4.69, 9.17) is 23.7 Å². The van der Waals surface area contributed by atoms with Gasteiger partial charge in [0.1, 0.15) is 19.0 Å². The third-order valence-corrected chi connectivity index (χ3v) is 4.67. The minimum absolute atomic E-state index is 0.104. The second kappa shape index (κ2) is 11.4. The van der Waals surface area contributed by atoms with Crippen LogP contribution in [0.25, 0.3) is 0 Å². The van der Waals surface area contributed by atoms with E-state index in [9.17, 15) is 9.59 Å². The summed E-state index contributed by atoms with van der Waals surface area (Å²) in [7, 11) is 4.61. The molecule has 0 fully saturated rings. The topological polar surface area (TPSA) is 92.3 Å². The molecule has 1 aliphatic rings. The molecule has 0 unspecified atom stereocenters. The molecule has 0 aromatic heterocycles. The maximum Gasteiger partial charge on any atom is 0.336 e. The van der Waals surface area contributed by atoms with Gasteiger partial charge in [-0.15, -0.1) is 0 Å². The van der Waals surface area contributed by atoms with Crippen LogP contribution in [0.5, 0.6) is 5.75 Å². The lowest BCUT2D eigenvalue weighted by Crippen LogP contribution is -2.33. The molecule has 0 atom stereocenters. The summed E-state index contributed by atoms with van der Waals surface area (Å²) in [5, 5.41) is 3.11. The van der Waals surface area contributed by atoms with E-state index in [1.54, 1.807) is 33.1 Å². The lowest BCUT2D eigenvalue weighted by Gasteiger charge is -2.30. The molecule has 1 heterocycles. The van der Waals surface area contributed by atoms with E-state index in [2.05, 4.69) is 5.32 Å². The molecule has 0 saturated heterocycles. The molecule has 8 nitrogen and oxygen atoms in total. The van der Waals surface area contributed by atoms with E-state index in [1.807, 2.05) is 12.1 Å². The van der Waals surface area contributed by atoms with E-state index in [0.717, 1.165) is 0 Å². The first-order chi connectivity index (χ1) is 14.4. The summed E-state index contributed by atoms with van der Waals surface area (Å²) in [6.45, 7) is 4.31. The number of hydrogen-bond acceptors (Lipinski definition) is 8. The van der Waals surface area contributed by atoms with Crippen molar-refractivity contribution in [2.45, 2.75) is 19.8 Å².